The first-order valence-electron chi connectivity index (χ1n) is 8.03. The second-order valence-electron chi connectivity index (χ2n) is 5.47. The zero-order chi connectivity index (χ0) is 18.1. The van der Waals surface area contributed by atoms with Gasteiger partial charge in [0.2, 0.25) is 0 Å². The van der Waals surface area contributed by atoms with Gasteiger partial charge in [-0.2, -0.15) is 0 Å². The molecule has 0 heterocycles. The van der Waals surface area contributed by atoms with Crippen molar-refractivity contribution in [2.45, 2.75) is 19.4 Å². The summed E-state index contributed by atoms with van der Waals surface area (Å²) in [6.07, 6.45) is 0.804. The second-order valence-corrected chi connectivity index (χ2v) is 5.47. The lowest BCUT2D eigenvalue weighted by atomic mass is 10.2. The first-order valence-corrected chi connectivity index (χ1v) is 8.03. The van der Waals surface area contributed by atoms with Gasteiger partial charge in [0.15, 0.2) is 0 Å². The largest absolute Gasteiger partial charge is 0.496 e. The molecule has 2 N–H and O–H groups in total. The van der Waals surface area contributed by atoms with Crippen LogP contribution in [0.4, 0.5) is 0 Å². The predicted molar refractivity (Wildman–Crippen MR) is 94.6 cm³/mol. The van der Waals surface area contributed by atoms with Crippen LogP contribution in [0.1, 0.15) is 18.4 Å². The van der Waals surface area contributed by atoms with Gasteiger partial charge >= 0.3 is 5.97 Å². The van der Waals surface area contributed by atoms with E-state index >= 15 is 0 Å². The van der Waals surface area contributed by atoms with Crippen LogP contribution >= 0.6 is 0 Å². The number of aliphatic carboxylic acids is 1. The van der Waals surface area contributed by atoms with Gasteiger partial charge in [0.05, 0.1) is 14.2 Å². The number of ether oxygens (including phenoxy) is 3. The Kier molecular flexibility index (Phi) is 7.10. The first-order chi connectivity index (χ1) is 12.1. The van der Waals surface area contributed by atoms with Crippen LogP contribution in [0.25, 0.3) is 0 Å². The molecule has 0 amide bonds. The summed E-state index contributed by atoms with van der Waals surface area (Å²) in [6.45, 7) is 1.36. The van der Waals surface area contributed by atoms with Gasteiger partial charge in [-0.1, -0.05) is 12.1 Å². The topological polar surface area (TPSA) is 77.0 Å². The van der Waals surface area contributed by atoms with Crippen molar-refractivity contribution in [2.75, 3.05) is 20.8 Å². The molecule has 6 heteroatoms. The number of hydrogen-bond donors (Lipinski definition) is 2. The number of hydrogen-bond acceptors (Lipinski definition) is 5. The third kappa shape index (κ3) is 6.35. The number of benzene rings is 2. The maximum Gasteiger partial charge on any atom is 0.303 e. The van der Waals surface area contributed by atoms with Gasteiger partial charge in [-0.3, -0.25) is 4.79 Å². The lowest BCUT2D eigenvalue weighted by Crippen LogP contribution is -2.15. The molecule has 0 saturated carbocycles. The Morgan fingerprint density at radius 3 is 2.12 bits per heavy atom. The minimum atomic E-state index is -0.766. The van der Waals surface area contributed by atoms with E-state index in [9.17, 15) is 4.79 Å². The molecule has 2 rings (SSSR count). The van der Waals surface area contributed by atoms with Crippen molar-refractivity contribution >= 4 is 5.97 Å². The Hall–Kier alpha value is -2.73. The molecule has 0 fully saturated rings. The number of carbonyl (C=O) groups is 1. The highest BCUT2D eigenvalue weighted by Crippen LogP contribution is 2.30. The molecule has 0 radical (unpaired) electrons. The summed E-state index contributed by atoms with van der Waals surface area (Å²) in [5, 5.41) is 11.8. The van der Waals surface area contributed by atoms with Crippen LogP contribution in [0.5, 0.6) is 23.0 Å². The summed E-state index contributed by atoms with van der Waals surface area (Å²) >= 11 is 0. The Balaban J connectivity index is 1.88. The van der Waals surface area contributed by atoms with E-state index in [0.717, 1.165) is 5.56 Å². The average Bonchev–Trinajstić information content (AvgIpc) is 2.62. The third-order valence-electron chi connectivity index (χ3n) is 3.56. The highest BCUT2D eigenvalue weighted by Gasteiger charge is 2.04. The molecular weight excluding hydrogens is 322 g/mol. The van der Waals surface area contributed by atoms with Gasteiger partial charge in [0.1, 0.15) is 23.0 Å². The molecule has 0 spiro atoms. The molecule has 0 aliphatic rings. The van der Waals surface area contributed by atoms with Gasteiger partial charge in [-0.05, 0) is 30.7 Å². The van der Waals surface area contributed by atoms with Crippen LogP contribution in [-0.4, -0.2) is 31.8 Å². The van der Waals surface area contributed by atoms with Gasteiger partial charge in [0.25, 0.3) is 0 Å². The quantitative estimate of drug-likeness (QED) is 0.642. The Bertz CT molecular complexity index is 662. The van der Waals surface area contributed by atoms with Gasteiger partial charge in [0, 0.05) is 31.2 Å². The van der Waals surface area contributed by atoms with Crippen molar-refractivity contribution in [3.8, 4) is 23.0 Å². The lowest BCUT2D eigenvalue weighted by Gasteiger charge is -2.10. The number of methoxy groups -OCH3 is 2. The summed E-state index contributed by atoms with van der Waals surface area (Å²) in [7, 11) is 3.19. The summed E-state index contributed by atoms with van der Waals surface area (Å²) in [5.74, 6) is 1.91. The highest BCUT2D eigenvalue weighted by atomic mass is 16.5. The fourth-order valence-corrected chi connectivity index (χ4v) is 2.25. The zero-order valence-corrected chi connectivity index (χ0v) is 14.5. The SMILES string of the molecule is COc1cc(OC)cc(Oc2ccc(CNCCCC(=O)O)cc2)c1. The number of carboxylic acid groups (broad SMARTS) is 1. The van der Waals surface area contributed by atoms with Crippen molar-refractivity contribution in [3.63, 3.8) is 0 Å². The number of nitrogens with one attached hydrogen (secondary N) is 1. The molecule has 134 valence electrons. The smallest absolute Gasteiger partial charge is 0.303 e. The second kappa shape index (κ2) is 9.54. The fraction of sp³-hybridized carbons (Fsp3) is 0.316. The van der Waals surface area contributed by atoms with Crippen molar-refractivity contribution in [3.05, 3.63) is 48.0 Å². The van der Waals surface area contributed by atoms with E-state index in [-0.39, 0.29) is 6.42 Å². The molecule has 0 aliphatic carbocycles. The van der Waals surface area contributed by atoms with Crippen molar-refractivity contribution in [1.82, 2.24) is 5.32 Å². The Labute approximate surface area is 147 Å². The normalized spacial score (nSPS) is 10.3. The monoisotopic (exact) mass is 345 g/mol. The average molecular weight is 345 g/mol. The number of rotatable bonds is 10. The maximum absolute atomic E-state index is 10.4. The maximum atomic E-state index is 10.4. The predicted octanol–water partition coefficient (Wildman–Crippen LogP) is 3.45. The molecule has 0 saturated heterocycles. The third-order valence-corrected chi connectivity index (χ3v) is 3.56. The molecule has 0 aliphatic heterocycles. The highest BCUT2D eigenvalue weighted by molar-refractivity contribution is 5.66. The van der Waals surface area contributed by atoms with Gasteiger partial charge < -0.3 is 24.6 Å². The summed E-state index contributed by atoms with van der Waals surface area (Å²) in [5.41, 5.74) is 1.10. The molecular formula is C19H23NO5. The minimum absolute atomic E-state index is 0.184. The standard InChI is InChI=1S/C19H23NO5/c1-23-16-10-17(24-2)12-18(11-16)25-15-7-5-14(6-8-15)13-20-9-3-4-19(21)22/h5-8,10-12,20H,3-4,9,13H2,1-2H3,(H,21,22). The summed E-state index contributed by atoms with van der Waals surface area (Å²) in [6, 6.07) is 13.1. The first kappa shape index (κ1) is 18.6. The summed E-state index contributed by atoms with van der Waals surface area (Å²) < 4.78 is 16.3. The van der Waals surface area contributed by atoms with Crippen LogP contribution < -0.4 is 19.5 Å². The van der Waals surface area contributed by atoms with E-state index in [1.807, 2.05) is 24.3 Å². The van der Waals surface area contributed by atoms with Gasteiger partial charge in [-0.25, -0.2) is 0 Å². The van der Waals surface area contributed by atoms with Crippen LogP contribution in [0.2, 0.25) is 0 Å². The number of carboxylic acids is 1. The van der Waals surface area contributed by atoms with Crippen LogP contribution in [0, 0.1) is 0 Å². The van der Waals surface area contributed by atoms with E-state index in [0.29, 0.717) is 42.5 Å². The van der Waals surface area contributed by atoms with Crippen LogP contribution in [0.15, 0.2) is 42.5 Å². The van der Waals surface area contributed by atoms with Crippen molar-refractivity contribution in [1.29, 1.82) is 0 Å². The Morgan fingerprint density at radius 1 is 0.960 bits per heavy atom. The molecule has 25 heavy (non-hydrogen) atoms. The lowest BCUT2D eigenvalue weighted by molar-refractivity contribution is -0.137. The molecule has 0 atom stereocenters. The van der Waals surface area contributed by atoms with Crippen LogP contribution in [-0.2, 0) is 11.3 Å². The molecule has 6 nitrogen and oxygen atoms in total. The molecule has 2 aromatic rings. The van der Waals surface area contributed by atoms with E-state index in [2.05, 4.69) is 5.32 Å². The van der Waals surface area contributed by atoms with E-state index in [1.165, 1.54) is 0 Å². The molecule has 0 bridgehead atoms. The zero-order valence-electron chi connectivity index (χ0n) is 14.5. The fourth-order valence-electron chi connectivity index (χ4n) is 2.25. The summed E-state index contributed by atoms with van der Waals surface area (Å²) in [4.78, 5) is 10.4. The minimum Gasteiger partial charge on any atom is -0.496 e. The van der Waals surface area contributed by atoms with E-state index < -0.39 is 5.97 Å². The molecule has 0 aromatic heterocycles. The molecule has 2 aromatic carbocycles. The van der Waals surface area contributed by atoms with Gasteiger partial charge in [-0.15, -0.1) is 0 Å². The van der Waals surface area contributed by atoms with Crippen molar-refractivity contribution in [2.24, 2.45) is 0 Å². The Morgan fingerprint density at radius 2 is 1.56 bits per heavy atom. The van der Waals surface area contributed by atoms with Crippen LogP contribution in [0.3, 0.4) is 0 Å². The molecule has 0 unspecified atom stereocenters. The van der Waals surface area contributed by atoms with E-state index in [4.69, 9.17) is 19.3 Å². The van der Waals surface area contributed by atoms with Crippen molar-refractivity contribution < 1.29 is 24.1 Å². The van der Waals surface area contributed by atoms with E-state index in [1.54, 1.807) is 32.4 Å².